The summed E-state index contributed by atoms with van der Waals surface area (Å²) in [6, 6.07) is 3.45. The van der Waals surface area contributed by atoms with Gasteiger partial charge < -0.3 is 14.6 Å². The molecule has 4 aliphatic rings. The molecule has 0 spiro atoms. The van der Waals surface area contributed by atoms with E-state index in [1.54, 1.807) is 6.07 Å². The Bertz CT molecular complexity index is 1080. The highest BCUT2D eigenvalue weighted by Gasteiger charge is 2.43. The normalized spacial score (nSPS) is 27.4. The van der Waals surface area contributed by atoms with Crippen molar-refractivity contribution in [1.82, 2.24) is 9.47 Å². The first-order chi connectivity index (χ1) is 13.8. The summed E-state index contributed by atoms with van der Waals surface area (Å²) in [7, 11) is 2.14. The van der Waals surface area contributed by atoms with E-state index in [1.165, 1.54) is 12.3 Å². The maximum atomic E-state index is 15.3. The van der Waals surface area contributed by atoms with E-state index in [0.29, 0.717) is 11.2 Å². The lowest BCUT2D eigenvalue weighted by atomic mass is 9.93. The van der Waals surface area contributed by atoms with Crippen LogP contribution in [0.2, 0.25) is 0 Å². The molecule has 1 aliphatic carbocycles. The Morgan fingerprint density at radius 2 is 2.00 bits per heavy atom. The zero-order chi connectivity index (χ0) is 20.5. The standard InChI is InChI=1S/C22H26FN3O3/c1-22-7-3-4-14(10-24(22)2)26(12-22)19-9-18-15(8-17(19)23)20(27)16(21(28)29)11-25(18)13-5-6-13/h8-9,11,13-14H,3-7,10,12H2,1-2H3,(H,28,29). The number of anilines is 1. The Hall–Kier alpha value is -2.41. The molecule has 0 amide bonds. The summed E-state index contributed by atoms with van der Waals surface area (Å²) in [5.41, 5.74) is 0.258. The minimum Gasteiger partial charge on any atom is -0.477 e. The third-order valence-electron chi connectivity index (χ3n) is 7.19. The van der Waals surface area contributed by atoms with Crippen LogP contribution in [0.3, 0.4) is 0 Å². The van der Waals surface area contributed by atoms with Gasteiger partial charge >= 0.3 is 5.97 Å². The molecule has 1 aromatic heterocycles. The van der Waals surface area contributed by atoms with Crippen LogP contribution in [-0.4, -0.2) is 52.3 Å². The van der Waals surface area contributed by atoms with Gasteiger partial charge in [0.1, 0.15) is 11.4 Å². The Kier molecular flexibility index (Phi) is 4.04. The van der Waals surface area contributed by atoms with Gasteiger partial charge in [-0.2, -0.15) is 0 Å². The molecule has 6 nitrogen and oxygen atoms in total. The van der Waals surface area contributed by atoms with E-state index in [-0.39, 0.29) is 28.6 Å². The predicted octanol–water partition coefficient (Wildman–Crippen LogP) is 3.24. The average molecular weight is 399 g/mol. The highest BCUT2D eigenvalue weighted by molar-refractivity contribution is 5.93. The molecule has 6 rings (SSSR count). The summed E-state index contributed by atoms with van der Waals surface area (Å²) in [6.45, 7) is 3.87. The van der Waals surface area contributed by atoms with Crippen LogP contribution in [-0.2, 0) is 0 Å². The van der Waals surface area contributed by atoms with Gasteiger partial charge in [0.25, 0.3) is 0 Å². The van der Waals surface area contributed by atoms with Crippen LogP contribution in [0.4, 0.5) is 10.1 Å². The topological polar surface area (TPSA) is 65.8 Å². The molecule has 4 heterocycles. The highest BCUT2D eigenvalue weighted by Crippen LogP contribution is 2.41. The molecule has 1 aromatic carbocycles. The number of nitrogens with zero attached hydrogens (tertiary/aromatic N) is 3. The van der Waals surface area contributed by atoms with Gasteiger partial charge in [-0.1, -0.05) is 0 Å². The molecule has 2 unspecified atom stereocenters. The van der Waals surface area contributed by atoms with Gasteiger partial charge in [-0.05, 0) is 58.2 Å². The molecule has 29 heavy (non-hydrogen) atoms. The quantitative estimate of drug-likeness (QED) is 0.858. The largest absolute Gasteiger partial charge is 0.477 e. The zero-order valence-corrected chi connectivity index (χ0v) is 16.8. The molecule has 4 fully saturated rings. The van der Waals surface area contributed by atoms with E-state index in [4.69, 9.17) is 0 Å². The summed E-state index contributed by atoms with van der Waals surface area (Å²) in [5, 5.41) is 9.57. The molecule has 3 saturated heterocycles. The molecule has 154 valence electrons. The van der Waals surface area contributed by atoms with Gasteiger partial charge in [0.05, 0.1) is 11.2 Å². The van der Waals surface area contributed by atoms with Crippen molar-refractivity contribution in [2.45, 2.75) is 56.7 Å². The van der Waals surface area contributed by atoms with Gasteiger partial charge in [-0.3, -0.25) is 9.69 Å². The van der Waals surface area contributed by atoms with E-state index in [1.807, 2.05) is 4.57 Å². The van der Waals surface area contributed by atoms with Crippen molar-refractivity contribution >= 4 is 22.6 Å². The third-order valence-corrected chi connectivity index (χ3v) is 7.19. The number of halogens is 1. The maximum absolute atomic E-state index is 15.3. The second-order valence-corrected chi connectivity index (χ2v) is 9.19. The van der Waals surface area contributed by atoms with Crippen LogP contribution < -0.4 is 10.3 Å². The number of aromatic carboxylic acids is 1. The first-order valence-corrected chi connectivity index (χ1v) is 10.4. The van der Waals surface area contributed by atoms with Crippen LogP contribution >= 0.6 is 0 Å². The van der Waals surface area contributed by atoms with Crippen molar-refractivity contribution in [3.63, 3.8) is 0 Å². The van der Waals surface area contributed by atoms with Crippen LogP contribution in [0, 0.1) is 5.82 Å². The Balaban J connectivity index is 1.69. The smallest absolute Gasteiger partial charge is 0.341 e. The summed E-state index contributed by atoms with van der Waals surface area (Å²) >= 11 is 0. The van der Waals surface area contributed by atoms with Gasteiger partial charge in [0, 0.05) is 42.3 Å². The summed E-state index contributed by atoms with van der Waals surface area (Å²) < 4.78 is 17.2. The lowest BCUT2D eigenvalue weighted by Gasteiger charge is -2.49. The number of carboxylic acids is 1. The number of aromatic nitrogens is 1. The Morgan fingerprint density at radius 1 is 1.24 bits per heavy atom. The van der Waals surface area contributed by atoms with Gasteiger partial charge in [-0.25, -0.2) is 9.18 Å². The summed E-state index contributed by atoms with van der Waals surface area (Å²) in [4.78, 5) is 28.8. The van der Waals surface area contributed by atoms with Crippen LogP contribution in [0.5, 0.6) is 0 Å². The maximum Gasteiger partial charge on any atom is 0.341 e. The van der Waals surface area contributed by atoms with Gasteiger partial charge in [-0.15, -0.1) is 0 Å². The van der Waals surface area contributed by atoms with E-state index in [0.717, 1.165) is 45.2 Å². The number of likely N-dealkylation sites (N-methyl/N-ethyl adjacent to an activating group) is 1. The molecule has 2 atom stereocenters. The number of carbonyl (C=O) groups is 1. The number of benzene rings is 1. The van der Waals surface area contributed by atoms with Crippen molar-refractivity contribution in [2.75, 3.05) is 25.0 Å². The van der Waals surface area contributed by atoms with Crippen molar-refractivity contribution < 1.29 is 14.3 Å². The van der Waals surface area contributed by atoms with Crippen molar-refractivity contribution in [1.29, 1.82) is 0 Å². The highest BCUT2D eigenvalue weighted by atomic mass is 19.1. The number of carboxylic acid groups (broad SMARTS) is 1. The molecule has 3 aliphatic heterocycles. The number of piperazine rings is 1. The number of hydrogen-bond donors (Lipinski definition) is 1. The number of fused-ring (bicyclic) bond motifs is 5. The van der Waals surface area contributed by atoms with Crippen molar-refractivity contribution in [2.24, 2.45) is 0 Å². The molecular weight excluding hydrogens is 373 g/mol. The summed E-state index contributed by atoms with van der Waals surface area (Å²) in [6.07, 6.45) is 6.55. The number of pyridine rings is 1. The van der Waals surface area contributed by atoms with Crippen molar-refractivity contribution in [3.8, 4) is 0 Å². The van der Waals surface area contributed by atoms with Crippen LogP contribution in [0.25, 0.3) is 10.9 Å². The van der Waals surface area contributed by atoms with E-state index in [9.17, 15) is 14.7 Å². The summed E-state index contributed by atoms with van der Waals surface area (Å²) in [5.74, 6) is -1.71. The fraction of sp³-hybridized carbons (Fsp3) is 0.545. The monoisotopic (exact) mass is 399 g/mol. The van der Waals surface area contributed by atoms with Crippen LogP contribution in [0.1, 0.15) is 55.4 Å². The Labute approximate surface area is 168 Å². The van der Waals surface area contributed by atoms with E-state index in [2.05, 4.69) is 23.8 Å². The molecule has 2 aromatic rings. The lowest BCUT2D eigenvalue weighted by Crippen LogP contribution is -2.61. The average Bonchev–Trinajstić information content (AvgIpc) is 3.51. The van der Waals surface area contributed by atoms with E-state index >= 15 is 4.39 Å². The minimum atomic E-state index is -1.27. The number of hydrogen-bond acceptors (Lipinski definition) is 4. The lowest BCUT2D eigenvalue weighted by molar-refractivity contribution is 0.0695. The van der Waals surface area contributed by atoms with Gasteiger partial charge in [0.2, 0.25) is 5.43 Å². The van der Waals surface area contributed by atoms with Gasteiger partial charge in [0.15, 0.2) is 0 Å². The second kappa shape index (κ2) is 6.29. The fourth-order valence-electron chi connectivity index (χ4n) is 5.16. The second-order valence-electron chi connectivity index (χ2n) is 9.19. The molecule has 2 bridgehead atoms. The first-order valence-electron chi connectivity index (χ1n) is 10.4. The Morgan fingerprint density at radius 3 is 2.69 bits per heavy atom. The SMILES string of the molecule is CN1CC2CCCC1(C)CN2c1cc2c(cc1F)c(=O)c(C(=O)O)cn2C1CC1. The minimum absolute atomic E-state index is 0.00226. The zero-order valence-electron chi connectivity index (χ0n) is 16.8. The molecule has 1 N–H and O–H groups in total. The van der Waals surface area contributed by atoms with E-state index < -0.39 is 17.2 Å². The third kappa shape index (κ3) is 2.86. The molecule has 0 radical (unpaired) electrons. The first kappa shape index (κ1) is 18.6. The predicted molar refractivity (Wildman–Crippen MR) is 109 cm³/mol. The molecular formula is C22H26FN3O3. The molecule has 7 heteroatoms. The van der Waals surface area contributed by atoms with Crippen LogP contribution in [0.15, 0.2) is 23.1 Å². The fourth-order valence-corrected chi connectivity index (χ4v) is 5.16. The molecule has 1 saturated carbocycles. The van der Waals surface area contributed by atoms with Crippen molar-refractivity contribution in [3.05, 3.63) is 39.9 Å². The number of rotatable bonds is 3.